The van der Waals surface area contributed by atoms with E-state index in [9.17, 15) is 4.79 Å². The molecule has 0 radical (unpaired) electrons. The fourth-order valence-corrected chi connectivity index (χ4v) is 4.94. The van der Waals surface area contributed by atoms with Crippen LogP contribution in [0, 0.1) is 5.92 Å². The molecule has 0 bridgehead atoms. The first-order valence-electron chi connectivity index (χ1n) is 11.7. The third-order valence-electron chi connectivity index (χ3n) is 6.47. The van der Waals surface area contributed by atoms with Crippen LogP contribution in [0.25, 0.3) is 23.3 Å². The van der Waals surface area contributed by atoms with Gasteiger partial charge in [0.25, 0.3) is 0 Å². The van der Waals surface area contributed by atoms with Crippen LogP contribution in [0.3, 0.4) is 0 Å². The van der Waals surface area contributed by atoms with Crippen LogP contribution >= 0.6 is 11.6 Å². The summed E-state index contributed by atoms with van der Waals surface area (Å²) in [6.07, 6.45) is 18.8. The number of carbonyl (C=O) groups is 1. The Kier molecular flexibility index (Phi) is 6.60. The largest absolute Gasteiger partial charge is 0.368 e. The number of ketones is 1. The maximum absolute atomic E-state index is 13.0. The minimum absolute atomic E-state index is 0.0550. The minimum atomic E-state index is -0.0550. The van der Waals surface area contributed by atoms with Gasteiger partial charge < -0.3 is 5.32 Å². The second-order valence-corrected chi connectivity index (χ2v) is 9.06. The van der Waals surface area contributed by atoms with E-state index < -0.39 is 0 Å². The SMILES string of the molecule is C1=CC=CNC=C1.O=C(c1ccccc1)C1C=c2c(ccc3c2=CCc2ccc(Cl)cc2-3)CC1. The molecule has 1 unspecified atom stereocenters. The van der Waals surface area contributed by atoms with E-state index >= 15 is 0 Å². The molecule has 1 heterocycles. The van der Waals surface area contributed by atoms with Crippen LogP contribution in [-0.2, 0) is 12.8 Å². The highest BCUT2D eigenvalue weighted by molar-refractivity contribution is 6.30. The molecule has 1 aliphatic heterocycles. The molecule has 0 amide bonds. The Balaban J connectivity index is 0.000000297. The van der Waals surface area contributed by atoms with Crippen LogP contribution in [-0.4, -0.2) is 5.78 Å². The quantitative estimate of drug-likeness (QED) is 0.491. The third-order valence-corrected chi connectivity index (χ3v) is 6.71. The fraction of sp³-hybridized carbons (Fsp3) is 0.129. The zero-order valence-electron chi connectivity index (χ0n) is 18.9. The van der Waals surface area contributed by atoms with Crippen molar-refractivity contribution in [3.8, 4) is 11.1 Å². The number of Topliss-reactive ketones (excluding diaryl/α,β-unsaturated/α-hetero) is 1. The van der Waals surface area contributed by atoms with E-state index in [0.717, 1.165) is 29.8 Å². The van der Waals surface area contributed by atoms with Gasteiger partial charge in [-0.15, -0.1) is 0 Å². The summed E-state index contributed by atoms with van der Waals surface area (Å²) in [5.41, 5.74) is 5.88. The number of hydrogen-bond acceptors (Lipinski definition) is 2. The van der Waals surface area contributed by atoms with E-state index in [1.165, 1.54) is 32.7 Å². The molecule has 0 saturated carbocycles. The molecule has 2 nitrogen and oxygen atoms in total. The van der Waals surface area contributed by atoms with Gasteiger partial charge in [0, 0.05) is 28.9 Å². The summed E-state index contributed by atoms with van der Waals surface area (Å²) >= 11 is 6.26. The topological polar surface area (TPSA) is 29.1 Å². The van der Waals surface area contributed by atoms with Crippen LogP contribution < -0.4 is 15.8 Å². The second kappa shape index (κ2) is 10.1. The van der Waals surface area contributed by atoms with Crippen molar-refractivity contribution in [1.29, 1.82) is 0 Å². The third kappa shape index (κ3) is 4.69. The van der Waals surface area contributed by atoms with Crippen molar-refractivity contribution in [3.05, 3.63) is 130 Å². The zero-order chi connectivity index (χ0) is 23.3. The van der Waals surface area contributed by atoms with Gasteiger partial charge in [-0.25, -0.2) is 0 Å². The van der Waals surface area contributed by atoms with Crippen LogP contribution in [0.2, 0.25) is 5.02 Å². The summed E-state index contributed by atoms with van der Waals surface area (Å²) in [6, 6.07) is 20.2. The normalized spacial score (nSPS) is 16.8. The number of aryl methyl sites for hydroxylation is 1. The summed E-state index contributed by atoms with van der Waals surface area (Å²) in [7, 11) is 0. The van der Waals surface area contributed by atoms with Crippen molar-refractivity contribution in [2.24, 2.45) is 5.92 Å². The Hall–Kier alpha value is -3.62. The van der Waals surface area contributed by atoms with E-state index in [2.05, 4.69) is 41.7 Å². The number of fused-ring (bicyclic) bond motifs is 5. The van der Waals surface area contributed by atoms with Crippen molar-refractivity contribution in [1.82, 2.24) is 5.32 Å². The molecule has 168 valence electrons. The van der Waals surface area contributed by atoms with Crippen LogP contribution in [0.15, 0.2) is 97.4 Å². The minimum Gasteiger partial charge on any atom is -0.368 e. The lowest BCUT2D eigenvalue weighted by atomic mass is 9.82. The van der Waals surface area contributed by atoms with Crippen molar-refractivity contribution in [2.75, 3.05) is 0 Å². The number of hydrogen-bond donors (Lipinski definition) is 1. The number of benzene rings is 3. The van der Waals surface area contributed by atoms with Gasteiger partial charge in [0.15, 0.2) is 5.78 Å². The molecule has 0 aromatic heterocycles. The summed E-state index contributed by atoms with van der Waals surface area (Å²) in [5.74, 6) is 0.165. The molecule has 3 aromatic carbocycles. The van der Waals surface area contributed by atoms with E-state index in [-0.39, 0.29) is 11.7 Å². The molecular formula is C31H26ClNO. The van der Waals surface area contributed by atoms with Crippen molar-refractivity contribution in [2.45, 2.75) is 19.3 Å². The molecule has 0 spiro atoms. The average molecular weight is 464 g/mol. The molecule has 2 aliphatic carbocycles. The first-order chi connectivity index (χ1) is 16.7. The van der Waals surface area contributed by atoms with Crippen LogP contribution in [0.1, 0.15) is 27.9 Å². The Labute approximate surface area is 205 Å². The molecule has 3 aliphatic rings. The molecule has 0 fully saturated rings. The smallest absolute Gasteiger partial charge is 0.169 e. The molecule has 1 N–H and O–H groups in total. The van der Waals surface area contributed by atoms with Crippen molar-refractivity contribution in [3.63, 3.8) is 0 Å². The van der Waals surface area contributed by atoms with Gasteiger partial charge in [0.05, 0.1) is 0 Å². The predicted octanol–water partition coefficient (Wildman–Crippen LogP) is 5.74. The van der Waals surface area contributed by atoms with E-state index in [1.54, 1.807) is 0 Å². The molecule has 0 saturated heterocycles. The molecule has 3 aromatic rings. The Bertz CT molecular complexity index is 1420. The maximum Gasteiger partial charge on any atom is 0.169 e. The molecule has 3 heteroatoms. The maximum atomic E-state index is 13.0. The van der Waals surface area contributed by atoms with Crippen molar-refractivity contribution >= 4 is 29.5 Å². The number of nitrogens with one attached hydrogen (secondary N) is 1. The molecule has 1 atom stereocenters. The number of halogens is 1. The first-order valence-corrected chi connectivity index (χ1v) is 12.0. The summed E-state index contributed by atoms with van der Waals surface area (Å²) in [6.45, 7) is 0. The predicted molar refractivity (Wildman–Crippen MR) is 142 cm³/mol. The molecule has 6 rings (SSSR count). The van der Waals surface area contributed by atoms with Gasteiger partial charge in [0.1, 0.15) is 0 Å². The van der Waals surface area contributed by atoms with E-state index in [1.807, 2.05) is 73.1 Å². The van der Waals surface area contributed by atoms with Gasteiger partial charge in [-0.3, -0.25) is 4.79 Å². The standard InChI is InChI=1S/C25H19ClO.C6H7N/c26-20-11-8-17-10-12-21-22(24(17)15-20)13-9-16-6-7-19(14-23(16)21)25(27)18-4-2-1-3-5-18;1-2-4-6-7-5-3-1/h1-5,8-9,11-15,19H,6-7,10H2;1-7H. The van der Waals surface area contributed by atoms with Gasteiger partial charge in [-0.1, -0.05) is 84.4 Å². The first kappa shape index (κ1) is 22.2. The Morgan fingerprint density at radius 3 is 2.38 bits per heavy atom. The van der Waals surface area contributed by atoms with Gasteiger partial charge in [-0.2, -0.15) is 0 Å². The zero-order valence-corrected chi connectivity index (χ0v) is 19.6. The summed E-state index contributed by atoms with van der Waals surface area (Å²) in [4.78, 5) is 13.0. The van der Waals surface area contributed by atoms with Crippen LogP contribution in [0.4, 0.5) is 0 Å². The van der Waals surface area contributed by atoms with E-state index in [4.69, 9.17) is 11.6 Å². The molecular weight excluding hydrogens is 438 g/mol. The van der Waals surface area contributed by atoms with Gasteiger partial charge in [0.2, 0.25) is 0 Å². The van der Waals surface area contributed by atoms with Crippen LogP contribution in [0.5, 0.6) is 0 Å². The highest BCUT2D eigenvalue weighted by atomic mass is 35.5. The van der Waals surface area contributed by atoms with Gasteiger partial charge >= 0.3 is 0 Å². The van der Waals surface area contributed by atoms with E-state index in [0.29, 0.717) is 0 Å². The van der Waals surface area contributed by atoms with Gasteiger partial charge in [-0.05, 0) is 76.2 Å². The number of rotatable bonds is 2. The molecule has 34 heavy (non-hydrogen) atoms. The highest BCUT2D eigenvalue weighted by Gasteiger charge is 2.22. The Morgan fingerprint density at radius 1 is 0.824 bits per heavy atom. The highest BCUT2D eigenvalue weighted by Crippen LogP contribution is 2.28. The lowest BCUT2D eigenvalue weighted by molar-refractivity contribution is 0.0947. The lowest BCUT2D eigenvalue weighted by Gasteiger charge is -2.21. The van der Waals surface area contributed by atoms with Crippen molar-refractivity contribution < 1.29 is 4.79 Å². The monoisotopic (exact) mass is 463 g/mol. The summed E-state index contributed by atoms with van der Waals surface area (Å²) < 4.78 is 0. The lowest BCUT2D eigenvalue weighted by Crippen LogP contribution is -2.37. The Morgan fingerprint density at radius 2 is 1.59 bits per heavy atom. The fourth-order valence-electron chi connectivity index (χ4n) is 4.77. The second-order valence-electron chi connectivity index (χ2n) is 8.62. The summed E-state index contributed by atoms with van der Waals surface area (Å²) in [5, 5.41) is 6.18. The number of allylic oxidation sites excluding steroid dienone is 4. The number of carbonyl (C=O) groups excluding carboxylic acids is 1. The average Bonchev–Trinajstić information content (AvgIpc) is 3.22.